The van der Waals surface area contributed by atoms with E-state index in [1.54, 1.807) is 13.0 Å². The number of rotatable bonds is 6. The Morgan fingerprint density at radius 1 is 1.50 bits per heavy atom. The van der Waals surface area contributed by atoms with Gasteiger partial charge in [0.2, 0.25) is 0 Å². The van der Waals surface area contributed by atoms with Gasteiger partial charge < -0.3 is 15.2 Å². The van der Waals surface area contributed by atoms with Crippen LogP contribution in [0.15, 0.2) is 18.2 Å². The van der Waals surface area contributed by atoms with Gasteiger partial charge in [-0.05, 0) is 37.1 Å². The number of halogens is 1. The van der Waals surface area contributed by atoms with E-state index in [1.165, 1.54) is 19.2 Å². The van der Waals surface area contributed by atoms with Gasteiger partial charge in [0.15, 0.2) is 0 Å². The molecule has 0 saturated heterocycles. The van der Waals surface area contributed by atoms with E-state index in [4.69, 9.17) is 4.74 Å². The monoisotopic (exact) mass is 255 g/mol. The molecule has 0 heterocycles. The van der Waals surface area contributed by atoms with Crippen LogP contribution in [0.2, 0.25) is 0 Å². The van der Waals surface area contributed by atoms with E-state index in [1.807, 2.05) is 0 Å². The van der Waals surface area contributed by atoms with E-state index < -0.39 is 11.9 Å². The van der Waals surface area contributed by atoms with Crippen LogP contribution in [0.4, 0.5) is 4.39 Å². The molecule has 1 unspecified atom stereocenters. The number of amides is 1. The Bertz CT molecular complexity index is 389. The van der Waals surface area contributed by atoms with Crippen molar-refractivity contribution >= 4 is 5.91 Å². The third-order valence-corrected chi connectivity index (χ3v) is 2.43. The van der Waals surface area contributed by atoms with Crippen LogP contribution in [0.5, 0.6) is 0 Å². The second kappa shape index (κ2) is 7.08. The molecule has 1 rings (SSSR count). The van der Waals surface area contributed by atoms with E-state index in [9.17, 15) is 14.3 Å². The van der Waals surface area contributed by atoms with Crippen LogP contribution < -0.4 is 5.32 Å². The van der Waals surface area contributed by atoms with Gasteiger partial charge in [-0.1, -0.05) is 0 Å². The summed E-state index contributed by atoms with van der Waals surface area (Å²) in [6.45, 7) is 2.27. The van der Waals surface area contributed by atoms with Crippen LogP contribution in [0.1, 0.15) is 22.3 Å². The van der Waals surface area contributed by atoms with Crippen LogP contribution in [-0.4, -0.2) is 37.4 Å². The molecular weight excluding hydrogens is 237 g/mol. The number of carbonyl (C=O) groups is 1. The first kappa shape index (κ1) is 14.6. The summed E-state index contributed by atoms with van der Waals surface area (Å²) in [5.41, 5.74) is 0.980. The number of methoxy groups -OCH3 is 1. The third-order valence-electron chi connectivity index (χ3n) is 2.43. The second-order valence-electron chi connectivity index (χ2n) is 4.17. The number of carbonyl (C=O) groups excluding carboxylic acids is 1. The number of hydrogen-bond donors (Lipinski definition) is 2. The van der Waals surface area contributed by atoms with Crippen LogP contribution >= 0.6 is 0 Å². The minimum absolute atomic E-state index is 0.231. The smallest absolute Gasteiger partial charge is 0.251 e. The van der Waals surface area contributed by atoms with Gasteiger partial charge in [-0.25, -0.2) is 4.39 Å². The average Bonchev–Trinajstić information content (AvgIpc) is 2.27. The summed E-state index contributed by atoms with van der Waals surface area (Å²) < 4.78 is 17.9. The van der Waals surface area contributed by atoms with Gasteiger partial charge in [-0.15, -0.1) is 0 Å². The molecule has 0 saturated carbocycles. The van der Waals surface area contributed by atoms with E-state index in [0.29, 0.717) is 18.5 Å². The van der Waals surface area contributed by atoms with Crippen molar-refractivity contribution in [2.75, 3.05) is 20.3 Å². The molecule has 100 valence electrons. The van der Waals surface area contributed by atoms with Crippen LogP contribution in [0, 0.1) is 12.7 Å². The largest absolute Gasteiger partial charge is 0.391 e. The molecule has 2 N–H and O–H groups in total. The Hall–Kier alpha value is -1.46. The molecule has 0 aliphatic rings. The molecule has 0 aliphatic carbocycles. The molecule has 0 spiro atoms. The summed E-state index contributed by atoms with van der Waals surface area (Å²) in [5, 5.41) is 12.0. The molecular formula is C13H18FNO3. The molecule has 0 radical (unpaired) electrons. The highest BCUT2D eigenvalue weighted by Crippen LogP contribution is 2.08. The van der Waals surface area contributed by atoms with Gasteiger partial charge in [0.25, 0.3) is 5.91 Å². The third kappa shape index (κ3) is 4.81. The zero-order valence-corrected chi connectivity index (χ0v) is 10.6. The molecule has 1 amide bonds. The Morgan fingerprint density at radius 3 is 2.83 bits per heavy atom. The lowest BCUT2D eigenvalue weighted by Crippen LogP contribution is -2.28. The van der Waals surface area contributed by atoms with Crippen molar-refractivity contribution in [1.29, 1.82) is 0 Å². The van der Waals surface area contributed by atoms with Crippen LogP contribution in [-0.2, 0) is 4.74 Å². The van der Waals surface area contributed by atoms with Crippen molar-refractivity contribution in [3.05, 3.63) is 35.1 Å². The molecule has 1 atom stereocenters. The van der Waals surface area contributed by atoms with Gasteiger partial charge in [-0.3, -0.25) is 4.79 Å². The quantitative estimate of drug-likeness (QED) is 0.804. The normalized spacial score (nSPS) is 12.2. The maximum absolute atomic E-state index is 13.1. The summed E-state index contributed by atoms with van der Waals surface area (Å²) in [5.74, 6) is -0.776. The van der Waals surface area contributed by atoms with E-state index in [2.05, 4.69) is 5.32 Å². The van der Waals surface area contributed by atoms with Gasteiger partial charge >= 0.3 is 0 Å². The first-order chi connectivity index (χ1) is 8.52. The Morgan fingerprint density at radius 2 is 2.22 bits per heavy atom. The molecule has 1 aromatic carbocycles. The minimum atomic E-state index is -0.607. The summed E-state index contributed by atoms with van der Waals surface area (Å²) in [4.78, 5) is 11.7. The maximum atomic E-state index is 13.1. The molecule has 0 fully saturated rings. The topological polar surface area (TPSA) is 58.6 Å². The highest BCUT2D eigenvalue weighted by molar-refractivity contribution is 5.94. The predicted molar refractivity (Wildman–Crippen MR) is 66.0 cm³/mol. The number of hydrogen-bond acceptors (Lipinski definition) is 3. The molecule has 0 bridgehead atoms. The van der Waals surface area contributed by atoms with E-state index >= 15 is 0 Å². The van der Waals surface area contributed by atoms with Gasteiger partial charge in [-0.2, -0.15) is 0 Å². The lowest BCUT2D eigenvalue weighted by molar-refractivity contribution is 0.0587. The zero-order valence-electron chi connectivity index (χ0n) is 10.6. The Kier molecular flexibility index (Phi) is 5.74. The molecule has 4 nitrogen and oxygen atoms in total. The standard InChI is InChI=1S/C13H18FNO3/c1-9-5-10(7-11(14)6-9)13(17)15-4-3-12(16)8-18-2/h5-7,12,16H,3-4,8H2,1-2H3,(H,15,17). The minimum Gasteiger partial charge on any atom is -0.391 e. The fourth-order valence-corrected chi connectivity index (χ4v) is 1.60. The second-order valence-corrected chi connectivity index (χ2v) is 4.17. The number of ether oxygens (including phenoxy) is 1. The lowest BCUT2D eigenvalue weighted by Gasteiger charge is -2.10. The highest BCUT2D eigenvalue weighted by atomic mass is 19.1. The molecule has 5 heteroatoms. The van der Waals surface area contributed by atoms with Crippen molar-refractivity contribution in [3.63, 3.8) is 0 Å². The summed E-state index contributed by atoms with van der Waals surface area (Å²) in [6.07, 6.45) is -0.210. The fourth-order valence-electron chi connectivity index (χ4n) is 1.60. The van der Waals surface area contributed by atoms with E-state index in [-0.39, 0.29) is 18.1 Å². The number of benzene rings is 1. The lowest BCUT2D eigenvalue weighted by atomic mass is 10.1. The van der Waals surface area contributed by atoms with E-state index in [0.717, 1.165) is 0 Å². The predicted octanol–water partition coefficient (Wildman–Crippen LogP) is 1.26. The maximum Gasteiger partial charge on any atom is 0.251 e. The highest BCUT2D eigenvalue weighted by Gasteiger charge is 2.09. The fraction of sp³-hybridized carbons (Fsp3) is 0.462. The Balaban J connectivity index is 2.45. The van der Waals surface area contributed by atoms with Crippen molar-refractivity contribution in [2.24, 2.45) is 0 Å². The number of aliphatic hydroxyl groups excluding tert-OH is 1. The van der Waals surface area contributed by atoms with Crippen molar-refractivity contribution in [2.45, 2.75) is 19.4 Å². The number of aryl methyl sites for hydroxylation is 1. The van der Waals surface area contributed by atoms with Gasteiger partial charge in [0, 0.05) is 19.2 Å². The molecule has 18 heavy (non-hydrogen) atoms. The first-order valence-electron chi connectivity index (χ1n) is 5.75. The first-order valence-corrected chi connectivity index (χ1v) is 5.75. The van der Waals surface area contributed by atoms with Crippen molar-refractivity contribution in [3.8, 4) is 0 Å². The summed E-state index contributed by atoms with van der Waals surface area (Å²) in [6, 6.07) is 4.16. The Labute approximate surface area is 106 Å². The van der Waals surface area contributed by atoms with Crippen LogP contribution in [0.25, 0.3) is 0 Å². The number of aliphatic hydroxyl groups is 1. The van der Waals surface area contributed by atoms with Crippen molar-refractivity contribution in [1.82, 2.24) is 5.32 Å². The molecule has 1 aromatic rings. The summed E-state index contributed by atoms with van der Waals surface area (Å²) >= 11 is 0. The SMILES string of the molecule is COCC(O)CCNC(=O)c1cc(C)cc(F)c1. The molecule has 0 aliphatic heterocycles. The zero-order chi connectivity index (χ0) is 13.5. The van der Waals surface area contributed by atoms with Gasteiger partial charge in [0.05, 0.1) is 12.7 Å². The number of nitrogens with one attached hydrogen (secondary N) is 1. The van der Waals surface area contributed by atoms with Crippen molar-refractivity contribution < 1.29 is 19.0 Å². The van der Waals surface area contributed by atoms with Gasteiger partial charge in [0.1, 0.15) is 5.82 Å². The van der Waals surface area contributed by atoms with Crippen LogP contribution in [0.3, 0.4) is 0 Å². The molecule has 0 aromatic heterocycles. The summed E-state index contributed by atoms with van der Waals surface area (Å²) in [7, 11) is 1.50. The average molecular weight is 255 g/mol.